The summed E-state index contributed by atoms with van der Waals surface area (Å²) >= 11 is 0. The molecule has 1 aliphatic carbocycles. The molecule has 0 aromatic heterocycles. The first-order valence-corrected chi connectivity index (χ1v) is 8.86. The minimum atomic E-state index is -0.0406. The fourth-order valence-corrected chi connectivity index (χ4v) is 3.81. The van der Waals surface area contributed by atoms with E-state index in [0.29, 0.717) is 11.8 Å². The first-order valence-electron chi connectivity index (χ1n) is 8.86. The number of anilines is 1. The number of benzene rings is 1. The quantitative estimate of drug-likeness (QED) is 0.912. The number of carbonyl (C=O) groups excluding carboxylic acids is 1. The van der Waals surface area contributed by atoms with Crippen LogP contribution < -0.4 is 5.32 Å². The Morgan fingerprint density at radius 1 is 1.05 bits per heavy atom. The normalized spacial score (nSPS) is 20.9. The number of hydrogen-bond donors (Lipinski definition) is 1. The van der Waals surface area contributed by atoms with Crippen LogP contribution in [0, 0.1) is 12.8 Å². The molecule has 2 fully saturated rings. The zero-order chi connectivity index (χ0) is 15.4. The summed E-state index contributed by atoms with van der Waals surface area (Å²) in [6.07, 6.45) is 8.55. The van der Waals surface area contributed by atoms with Gasteiger partial charge in [0.05, 0.1) is 0 Å². The number of hydrogen-bond acceptors (Lipinski definition) is 2. The van der Waals surface area contributed by atoms with Crippen LogP contribution in [-0.2, 0) is 4.79 Å². The highest BCUT2D eigenvalue weighted by Gasteiger charge is 2.33. The number of rotatable bonds is 4. The largest absolute Gasteiger partial charge is 0.373 e. The highest BCUT2D eigenvalue weighted by atomic mass is 16.2. The van der Waals surface area contributed by atoms with Gasteiger partial charge in [0, 0.05) is 18.8 Å². The van der Waals surface area contributed by atoms with E-state index < -0.39 is 0 Å². The highest BCUT2D eigenvalue weighted by Crippen LogP contribution is 2.30. The lowest BCUT2D eigenvalue weighted by Crippen LogP contribution is -2.46. The molecule has 1 saturated heterocycles. The lowest BCUT2D eigenvalue weighted by atomic mass is 9.83. The van der Waals surface area contributed by atoms with E-state index >= 15 is 0 Å². The number of likely N-dealkylation sites (tertiary alicyclic amines) is 1. The van der Waals surface area contributed by atoms with Crippen molar-refractivity contribution in [3.63, 3.8) is 0 Å². The van der Waals surface area contributed by atoms with E-state index in [1.54, 1.807) is 0 Å². The van der Waals surface area contributed by atoms with Gasteiger partial charge < -0.3 is 10.2 Å². The minimum absolute atomic E-state index is 0.0406. The number of nitrogens with one attached hydrogen (secondary N) is 1. The zero-order valence-corrected chi connectivity index (χ0v) is 13.7. The molecule has 0 bridgehead atoms. The van der Waals surface area contributed by atoms with E-state index in [9.17, 15) is 4.79 Å². The first kappa shape index (κ1) is 15.4. The van der Waals surface area contributed by atoms with Gasteiger partial charge in [-0.2, -0.15) is 0 Å². The van der Waals surface area contributed by atoms with Crippen molar-refractivity contribution in [2.24, 2.45) is 5.92 Å². The molecule has 2 aliphatic rings. The minimum Gasteiger partial charge on any atom is -0.373 e. The fourth-order valence-electron chi connectivity index (χ4n) is 3.81. The SMILES string of the molecule is Cc1ccc(NC(C(=O)N2CCCC2)C2CCCCC2)cc1. The number of nitrogens with zero attached hydrogens (tertiary/aromatic N) is 1. The second-order valence-electron chi connectivity index (χ2n) is 6.92. The Balaban J connectivity index is 1.75. The molecule has 1 aromatic rings. The van der Waals surface area contributed by atoms with Crippen LogP contribution in [0.3, 0.4) is 0 Å². The highest BCUT2D eigenvalue weighted by molar-refractivity contribution is 5.85. The summed E-state index contributed by atoms with van der Waals surface area (Å²) in [5, 5.41) is 3.56. The molecular weight excluding hydrogens is 272 g/mol. The molecule has 1 saturated carbocycles. The number of carbonyl (C=O) groups is 1. The van der Waals surface area contributed by atoms with Gasteiger partial charge in [-0.05, 0) is 50.7 Å². The van der Waals surface area contributed by atoms with Gasteiger partial charge in [-0.25, -0.2) is 0 Å². The van der Waals surface area contributed by atoms with E-state index in [4.69, 9.17) is 0 Å². The van der Waals surface area contributed by atoms with Gasteiger partial charge in [0.1, 0.15) is 6.04 Å². The molecule has 1 heterocycles. The van der Waals surface area contributed by atoms with E-state index in [1.165, 1.54) is 37.7 Å². The van der Waals surface area contributed by atoms with E-state index in [2.05, 4.69) is 41.4 Å². The molecule has 22 heavy (non-hydrogen) atoms. The molecule has 1 atom stereocenters. The molecule has 1 amide bonds. The molecule has 0 radical (unpaired) electrons. The van der Waals surface area contributed by atoms with Crippen molar-refractivity contribution in [1.29, 1.82) is 0 Å². The maximum Gasteiger partial charge on any atom is 0.245 e. The predicted molar refractivity (Wildman–Crippen MR) is 91.0 cm³/mol. The van der Waals surface area contributed by atoms with Crippen molar-refractivity contribution in [3.05, 3.63) is 29.8 Å². The smallest absolute Gasteiger partial charge is 0.245 e. The van der Waals surface area contributed by atoms with Crippen molar-refractivity contribution in [2.75, 3.05) is 18.4 Å². The standard InChI is InChI=1S/C19H28N2O/c1-15-9-11-17(12-10-15)20-18(16-7-3-2-4-8-16)19(22)21-13-5-6-14-21/h9-12,16,18,20H,2-8,13-14H2,1H3. The van der Waals surface area contributed by atoms with Crippen molar-refractivity contribution in [3.8, 4) is 0 Å². The Morgan fingerprint density at radius 3 is 2.32 bits per heavy atom. The molecule has 0 spiro atoms. The summed E-state index contributed by atoms with van der Waals surface area (Å²) in [6.45, 7) is 3.98. The lowest BCUT2D eigenvalue weighted by molar-refractivity contribution is -0.132. The van der Waals surface area contributed by atoms with E-state index in [1.807, 2.05) is 0 Å². The van der Waals surface area contributed by atoms with Crippen LogP contribution in [0.25, 0.3) is 0 Å². The van der Waals surface area contributed by atoms with Crippen LogP contribution in [0.5, 0.6) is 0 Å². The molecule has 3 heteroatoms. The molecule has 1 aliphatic heterocycles. The maximum absolute atomic E-state index is 13.0. The molecule has 1 unspecified atom stereocenters. The van der Waals surface area contributed by atoms with Gasteiger partial charge in [0.25, 0.3) is 0 Å². The summed E-state index contributed by atoms with van der Waals surface area (Å²) in [5.41, 5.74) is 2.33. The topological polar surface area (TPSA) is 32.3 Å². The van der Waals surface area contributed by atoms with Crippen LogP contribution in [0.2, 0.25) is 0 Å². The summed E-state index contributed by atoms with van der Waals surface area (Å²) in [4.78, 5) is 15.0. The summed E-state index contributed by atoms with van der Waals surface area (Å²) < 4.78 is 0. The van der Waals surface area contributed by atoms with Crippen LogP contribution in [0.4, 0.5) is 5.69 Å². The van der Waals surface area contributed by atoms with Crippen molar-refractivity contribution < 1.29 is 4.79 Å². The fraction of sp³-hybridized carbons (Fsp3) is 0.632. The molecule has 1 N–H and O–H groups in total. The third kappa shape index (κ3) is 3.63. The average molecular weight is 300 g/mol. The summed E-state index contributed by atoms with van der Waals surface area (Å²) in [7, 11) is 0. The zero-order valence-electron chi connectivity index (χ0n) is 13.7. The van der Waals surface area contributed by atoms with E-state index in [-0.39, 0.29) is 6.04 Å². The average Bonchev–Trinajstić information content (AvgIpc) is 3.09. The van der Waals surface area contributed by atoms with Gasteiger partial charge in [0.2, 0.25) is 5.91 Å². The van der Waals surface area contributed by atoms with Gasteiger partial charge in [-0.1, -0.05) is 37.0 Å². The second-order valence-corrected chi connectivity index (χ2v) is 6.92. The van der Waals surface area contributed by atoms with Crippen LogP contribution in [0.1, 0.15) is 50.5 Å². The van der Waals surface area contributed by atoms with Crippen molar-refractivity contribution >= 4 is 11.6 Å². The number of aryl methyl sites for hydroxylation is 1. The second kappa shape index (κ2) is 7.17. The third-order valence-corrected chi connectivity index (χ3v) is 5.18. The molecule has 120 valence electrons. The third-order valence-electron chi connectivity index (χ3n) is 5.18. The van der Waals surface area contributed by atoms with Crippen molar-refractivity contribution in [1.82, 2.24) is 4.90 Å². The van der Waals surface area contributed by atoms with Crippen LogP contribution in [0.15, 0.2) is 24.3 Å². The predicted octanol–water partition coefficient (Wildman–Crippen LogP) is 3.98. The maximum atomic E-state index is 13.0. The van der Waals surface area contributed by atoms with Gasteiger partial charge in [-0.3, -0.25) is 4.79 Å². The van der Waals surface area contributed by atoms with Crippen LogP contribution in [-0.4, -0.2) is 29.9 Å². The molecule has 3 rings (SSSR count). The Hall–Kier alpha value is -1.51. The lowest BCUT2D eigenvalue weighted by Gasteiger charge is -2.33. The molecule has 3 nitrogen and oxygen atoms in total. The van der Waals surface area contributed by atoms with Gasteiger partial charge in [0.15, 0.2) is 0 Å². The Morgan fingerprint density at radius 2 is 1.68 bits per heavy atom. The monoisotopic (exact) mass is 300 g/mol. The van der Waals surface area contributed by atoms with E-state index in [0.717, 1.165) is 31.6 Å². The molecule has 1 aromatic carbocycles. The Bertz CT molecular complexity index is 485. The number of amides is 1. The van der Waals surface area contributed by atoms with Crippen molar-refractivity contribution in [2.45, 2.75) is 57.9 Å². The Labute approximate surface area is 134 Å². The first-order chi connectivity index (χ1) is 10.7. The van der Waals surface area contributed by atoms with Crippen LogP contribution >= 0.6 is 0 Å². The summed E-state index contributed by atoms with van der Waals surface area (Å²) in [6, 6.07) is 8.38. The molecular formula is C19H28N2O. The van der Waals surface area contributed by atoms with Gasteiger partial charge >= 0.3 is 0 Å². The van der Waals surface area contributed by atoms with Gasteiger partial charge in [-0.15, -0.1) is 0 Å². The summed E-state index contributed by atoms with van der Waals surface area (Å²) in [5.74, 6) is 0.813. The Kier molecular flexibility index (Phi) is 5.01.